The van der Waals surface area contributed by atoms with Gasteiger partial charge in [0.2, 0.25) is 11.8 Å². The highest BCUT2D eigenvalue weighted by Gasteiger charge is 2.38. The lowest BCUT2D eigenvalue weighted by molar-refractivity contribution is -0.140. The van der Waals surface area contributed by atoms with E-state index in [2.05, 4.69) is 0 Å². The summed E-state index contributed by atoms with van der Waals surface area (Å²) in [4.78, 5) is 13.8. The van der Waals surface area contributed by atoms with Crippen molar-refractivity contribution >= 4 is 5.91 Å². The molecule has 106 valence electrons. The lowest BCUT2D eigenvalue weighted by Gasteiger charge is -2.31. The van der Waals surface area contributed by atoms with Crippen molar-refractivity contribution in [2.75, 3.05) is 33.4 Å². The lowest BCUT2D eigenvalue weighted by atomic mass is 9.86. The van der Waals surface area contributed by atoms with E-state index in [1.807, 2.05) is 0 Å². The fourth-order valence-corrected chi connectivity index (χ4v) is 2.23. The number of rotatable bonds is 6. The van der Waals surface area contributed by atoms with E-state index < -0.39 is 5.92 Å². The van der Waals surface area contributed by atoms with Gasteiger partial charge in [-0.2, -0.15) is 0 Å². The van der Waals surface area contributed by atoms with Crippen LogP contribution in [0.15, 0.2) is 0 Å². The number of hydrogen-bond donors (Lipinski definition) is 1. The van der Waals surface area contributed by atoms with Gasteiger partial charge in [-0.05, 0) is 12.8 Å². The van der Waals surface area contributed by atoms with E-state index >= 15 is 0 Å². The summed E-state index contributed by atoms with van der Waals surface area (Å²) in [5, 5.41) is 0. The van der Waals surface area contributed by atoms with Crippen molar-refractivity contribution in [2.45, 2.75) is 31.6 Å². The molecule has 4 nitrogen and oxygen atoms in total. The molecule has 1 amide bonds. The standard InChI is InChI=1S/C12H22F2N2O2/c1-18-9-8-16(7-6-15)11(17)10-2-4-12(13,14)5-3-10/h10H,2-9,15H2,1H3. The summed E-state index contributed by atoms with van der Waals surface area (Å²) >= 11 is 0. The summed E-state index contributed by atoms with van der Waals surface area (Å²) < 4.78 is 31.0. The number of nitrogens with two attached hydrogens (primary N) is 1. The average molecular weight is 264 g/mol. The molecule has 1 aliphatic rings. The Balaban J connectivity index is 2.50. The minimum atomic E-state index is -2.60. The van der Waals surface area contributed by atoms with Crippen molar-refractivity contribution in [1.82, 2.24) is 4.90 Å². The fourth-order valence-electron chi connectivity index (χ4n) is 2.23. The van der Waals surface area contributed by atoms with Crippen LogP contribution in [0.2, 0.25) is 0 Å². The SMILES string of the molecule is COCCN(CCN)C(=O)C1CCC(F)(F)CC1. The fraction of sp³-hybridized carbons (Fsp3) is 0.917. The molecule has 1 rings (SSSR count). The number of carbonyl (C=O) groups is 1. The third-order valence-corrected chi connectivity index (χ3v) is 3.34. The first-order valence-electron chi connectivity index (χ1n) is 6.36. The minimum Gasteiger partial charge on any atom is -0.383 e. The number of alkyl halides is 2. The average Bonchev–Trinajstić information content (AvgIpc) is 2.33. The molecule has 1 saturated carbocycles. The Labute approximate surface area is 106 Å². The summed E-state index contributed by atoms with van der Waals surface area (Å²) in [6, 6.07) is 0. The maximum atomic E-state index is 13.0. The quantitative estimate of drug-likeness (QED) is 0.785. The Kier molecular flexibility index (Phi) is 5.95. The normalized spacial score (nSPS) is 19.8. The summed E-state index contributed by atoms with van der Waals surface area (Å²) in [6.45, 7) is 1.74. The van der Waals surface area contributed by atoms with Crippen LogP contribution in [0.5, 0.6) is 0 Å². The Bertz CT molecular complexity index is 265. The number of halogens is 2. The summed E-state index contributed by atoms with van der Waals surface area (Å²) in [7, 11) is 1.56. The number of ether oxygens (including phenoxy) is 1. The second-order valence-corrected chi connectivity index (χ2v) is 4.74. The van der Waals surface area contributed by atoms with Crippen LogP contribution in [0.3, 0.4) is 0 Å². The molecule has 2 N–H and O–H groups in total. The zero-order valence-corrected chi connectivity index (χ0v) is 10.8. The Morgan fingerprint density at radius 3 is 2.50 bits per heavy atom. The van der Waals surface area contributed by atoms with Crippen molar-refractivity contribution in [1.29, 1.82) is 0 Å². The highest BCUT2D eigenvalue weighted by Crippen LogP contribution is 2.36. The zero-order valence-electron chi connectivity index (χ0n) is 10.8. The minimum absolute atomic E-state index is 0.0620. The van der Waals surface area contributed by atoms with Crippen LogP contribution in [-0.4, -0.2) is 50.1 Å². The molecular formula is C12H22F2N2O2. The van der Waals surface area contributed by atoms with Crippen LogP contribution < -0.4 is 5.73 Å². The first-order valence-corrected chi connectivity index (χ1v) is 6.36. The molecule has 1 aliphatic carbocycles. The molecule has 0 aromatic rings. The molecule has 0 radical (unpaired) electrons. The van der Waals surface area contributed by atoms with Gasteiger partial charge in [0.1, 0.15) is 0 Å². The molecule has 0 aromatic carbocycles. The first-order chi connectivity index (χ1) is 8.50. The van der Waals surface area contributed by atoms with Gasteiger partial charge in [-0.25, -0.2) is 8.78 Å². The number of methoxy groups -OCH3 is 1. The number of nitrogens with zero attached hydrogens (tertiary/aromatic N) is 1. The van der Waals surface area contributed by atoms with E-state index in [0.29, 0.717) is 26.2 Å². The second-order valence-electron chi connectivity index (χ2n) is 4.74. The molecule has 6 heteroatoms. The molecular weight excluding hydrogens is 242 g/mol. The highest BCUT2D eigenvalue weighted by atomic mass is 19.3. The number of carbonyl (C=O) groups excluding carboxylic acids is 1. The molecule has 0 aromatic heterocycles. The maximum Gasteiger partial charge on any atom is 0.248 e. The largest absolute Gasteiger partial charge is 0.383 e. The summed E-state index contributed by atoms with van der Waals surface area (Å²) in [5.74, 6) is -2.94. The monoisotopic (exact) mass is 264 g/mol. The highest BCUT2D eigenvalue weighted by molar-refractivity contribution is 5.79. The van der Waals surface area contributed by atoms with Crippen LogP contribution in [0.1, 0.15) is 25.7 Å². The van der Waals surface area contributed by atoms with Gasteiger partial charge in [-0.1, -0.05) is 0 Å². The van der Waals surface area contributed by atoms with Gasteiger partial charge in [-0.3, -0.25) is 4.79 Å². The number of hydrogen-bond acceptors (Lipinski definition) is 3. The molecule has 18 heavy (non-hydrogen) atoms. The van der Waals surface area contributed by atoms with E-state index in [4.69, 9.17) is 10.5 Å². The Morgan fingerprint density at radius 2 is 2.00 bits per heavy atom. The Hall–Kier alpha value is -0.750. The molecule has 0 heterocycles. The van der Waals surface area contributed by atoms with Gasteiger partial charge in [0.05, 0.1) is 6.61 Å². The molecule has 0 spiro atoms. The van der Waals surface area contributed by atoms with Crippen LogP contribution >= 0.6 is 0 Å². The van der Waals surface area contributed by atoms with E-state index in [9.17, 15) is 13.6 Å². The van der Waals surface area contributed by atoms with Crippen molar-refractivity contribution in [3.63, 3.8) is 0 Å². The molecule has 0 saturated heterocycles. The number of amides is 1. The second kappa shape index (κ2) is 6.99. The molecule has 0 bridgehead atoms. The van der Waals surface area contributed by atoms with Gasteiger partial charge < -0.3 is 15.4 Å². The van der Waals surface area contributed by atoms with Gasteiger partial charge in [0.15, 0.2) is 0 Å². The van der Waals surface area contributed by atoms with Crippen LogP contribution in [0, 0.1) is 5.92 Å². The van der Waals surface area contributed by atoms with E-state index in [1.54, 1.807) is 12.0 Å². The van der Waals surface area contributed by atoms with Crippen LogP contribution in [-0.2, 0) is 9.53 Å². The van der Waals surface area contributed by atoms with Gasteiger partial charge in [0.25, 0.3) is 0 Å². The Morgan fingerprint density at radius 1 is 1.39 bits per heavy atom. The zero-order chi connectivity index (χ0) is 13.6. The topological polar surface area (TPSA) is 55.6 Å². The van der Waals surface area contributed by atoms with E-state index in [1.165, 1.54) is 0 Å². The molecule has 1 fully saturated rings. The van der Waals surface area contributed by atoms with Crippen molar-refractivity contribution in [2.24, 2.45) is 11.7 Å². The summed E-state index contributed by atoms with van der Waals surface area (Å²) in [6.07, 6.45) is 0.147. The molecule has 0 atom stereocenters. The third kappa shape index (κ3) is 4.49. The molecule has 0 unspecified atom stereocenters. The predicted octanol–water partition coefficient (Wildman–Crippen LogP) is 1.25. The molecule has 0 aliphatic heterocycles. The summed E-state index contributed by atoms with van der Waals surface area (Å²) in [5.41, 5.74) is 5.46. The van der Waals surface area contributed by atoms with Crippen molar-refractivity contribution in [3.8, 4) is 0 Å². The third-order valence-electron chi connectivity index (χ3n) is 3.34. The maximum absolute atomic E-state index is 13.0. The van der Waals surface area contributed by atoms with E-state index in [0.717, 1.165) is 0 Å². The smallest absolute Gasteiger partial charge is 0.248 e. The van der Waals surface area contributed by atoms with Crippen molar-refractivity contribution < 1.29 is 18.3 Å². The van der Waals surface area contributed by atoms with Crippen LogP contribution in [0.4, 0.5) is 8.78 Å². The first kappa shape index (κ1) is 15.3. The van der Waals surface area contributed by atoms with E-state index in [-0.39, 0.29) is 37.5 Å². The van der Waals surface area contributed by atoms with Crippen LogP contribution in [0.25, 0.3) is 0 Å². The van der Waals surface area contributed by atoms with Crippen molar-refractivity contribution in [3.05, 3.63) is 0 Å². The lowest BCUT2D eigenvalue weighted by Crippen LogP contribution is -2.43. The predicted molar refractivity (Wildman–Crippen MR) is 64.4 cm³/mol. The van der Waals surface area contributed by atoms with Gasteiger partial charge >= 0.3 is 0 Å². The van der Waals surface area contributed by atoms with Gasteiger partial charge in [0, 0.05) is 45.5 Å². The van der Waals surface area contributed by atoms with Gasteiger partial charge in [-0.15, -0.1) is 0 Å².